The van der Waals surface area contributed by atoms with Crippen molar-refractivity contribution in [1.29, 1.82) is 0 Å². The molecular weight excluding hydrogens is 466 g/mol. The van der Waals surface area contributed by atoms with Crippen LogP contribution >= 0.6 is 23.4 Å². The summed E-state index contributed by atoms with van der Waals surface area (Å²) in [5.41, 5.74) is 3.53. The van der Waals surface area contributed by atoms with E-state index >= 15 is 0 Å². The largest absolute Gasteiger partial charge is 0.350 e. The van der Waals surface area contributed by atoms with Gasteiger partial charge in [0.1, 0.15) is 11.4 Å². The van der Waals surface area contributed by atoms with E-state index < -0.39 is 6.04 Å². The highest BCUT2D eigenvalue weighted by molar-refractivity contribution is 7.99. The zero-order valence-electron chi connectivity index (χ0n) is 19.5. The lowest BCUT2D eigenvalue weighted by atomic mass is 9.86. The Balaban J connectivity index is 1.63. The third-order valence-corrected chi connectivity index (χ3v) is 7.55. The van der Waals surface area contributed by atoms with Crippen LogP contribution in [0.25, 0.3) is 0 Å². The molecule has 0 spiro atoms. The maximum atomic E-state index is 13.7. The number of benzene rings is 2. The Morgan fingerprint density at radius 3 is 2.47 bits per heavy atom. The number of carbonyl (C=O) groups is 2. The number of hydrogen-bond donors (Lipinski definition) is 1. The van der Waals surface area contributed by atoms with Gasteiger partial charge in [-0.1, -0.05) is 74.8 Å². The minimum atomic E-state index is -0.613. The fourth-order valence-corrected chi connectivity index (χ4v) is 5.59. The summed E-state index contributed by atoms with van der Waals surface area (Å²) in [5, 5.41) is 3.06. The molecule has 5 nitrogen and oxygen atoms in total. The van der Waals surface area contributed by atoms with Crippen LogP contribution in [0.3, 0.4) is 0 Å². The molecule has 2 unspecified atom stereocenters. The minimum absolute atomic E-state index is 0.0309. The summed E-state index contributed by atoms with van der Waals surface area (Å²) < 4.78 is 0. The van der Waals surface area contributed by atoms with Gasteiger partial charge in [0.05, 0.1) is 10.6 Å². The van der Waals surface area contributed by atoms with Gasteiger partial charge in [0.15, 0.2) is 0 Å². The first-order valence-electron chi connectivity index (χ1n) is 11.2. The van der Waals surface area contributed by atoms with Gasteiger partial charge in [0.2, 0.25) is 5.91 Å². The molecule has 1 N–H and O–H groups in total. The van der Waals surface area contributed by atoms with Crippen molar-refractivity contribution in [3.63, 3.8) is 0 Å². The molecule has 1 saturated heterocycles. The van der Waals surface area contributed by atoms with Crippen LogP contribution in [0.15, 0.2) is 73.1 Å². The number of hydrogen-bond acceptors (Lipinski definition) is 4. The van der Waals surface area contributed by atoms with Crippen molar-refractivity contribution >= 4 is 35.2 Å². The SMILES string of the molecule is CC(C)(C)c1ccc(C2SCC(C(=O)NCc3cccnc3)N2C(=O)c2ccccc2Cl)cc1. The first-order valence-corrected chi connectivity index (χ1v) is 12.6. The third-order valence-electron chi connectivity index (χ3n) is 5.89. The van der Waals surface area contributed by atoms with Gasteiger partial charge >= 0.3 is 0 Å². The summed E-state index contributed by atoms with van der Waals surface area (Å²) in [6, 6.07) is 18.4. The van der Waals surface area contributed by atoms with Crippen LogP contribution in [0.5, 0.6) is 0 Å². The van der Waals surface area contributed by atoms with Gasteiger partial charge in [0, 0.05) is 24.7 Å². The molecule has 34 heavy (non-hydrogen) atoms. The number of amides is 2. The standard InChI is InChI=1S/C27H28ClN3O2S/c1-27(2,3)20-12-10-19(11-13-20)26-31(25(33)21-8-4-5-9-22(21)28)23(17-34-26)24(32)30-16-18-7-6-14-29-15-18/h4-15,23,26H,16-17H2,1-3H3,(H,30,32). The second-order valence-electron chi connectivity index (χ2n) is 9.34. The van der Waals surface area contributed by atoms with E-state index in [4.69, 9.17) is 11.6 Å². The van der Waals surface area contributed by atoms with E-state index in [-0.39, 0.29) is 22.6 Å². The number of aromatic nitrogens is 1. The Morgan fingerprint density at radius 2 is 1.82 bits per heavy atom. The lowest BCUT2D eigenvalue weighted by Crippen LogP contribution is -2.47. The van der Waals surface area contributed by atoms with E-state index in [0.29, 0.717) is 22.9 Å². The number of nitrogens with one attached hydrogen (secondary N) is 1. The molecule has 0 bridgehead atoms. The fourth-order valence-electron chi connectivity index (χ4n) is 3.94. The third kappa shape index (κ3) is 5.29. The maximum Gasteiger partial charge on any atom is 0.257 e. The molecule has 0 saturated carbocycles. The number of carbonyl (C=O) groups excluding carboxylic acids is 2. The van der Waals surface area contributed by atoms with E-state index in [9.17, 15) is 9.59 Å². The summed E-state index contributed by atoms with van der Waals surface area (Å²) in [5.74, 6) is 0.0633. The van der Waals surface area contributed by atoms with Crippen molar-refractivity contribution < 1.29 is 9.59 Å². The average molecular weight is 494 g/mol. The molecule has 3 aromatic rings. The van der Waals surface area contributed by atoms with Crippen molar-refractivity contribution in [3.8, 4) is 0 Å². The monoisotopic (exact) mass is 493 g/mol. The zero-order valence-corrected chi connectivity index (χ0v) is 21.1. The molecular formula is C27H28ClN3O2S. The molecule has 2 amide bonds. The smallest absolute Gasteiger partial charge is 0.257 e. The second kappa shape index (κ2) is 10.2. The number of nitrogens with zero attached hydrogens (tertiary/aromatic N) is 2. The van der Waals surface area contributed by atoms with Crippen molar-refractivity contribution in [1.82, 2.24) is 15.2 Å². The molecule has 2 heterocycles. The minimum Gasteiger partial charge on any atom is -0.350 e. The molecule has 4 rings (SSSR count). The molecule has 1 fully saturated rings. The molecule has 0 aliphatic carbocycles. The Hall–Kier alpha value is -2.83. The van der Waals surface area contributed by atoms with E-state index in [0.717, 1.165) is 11.1 Å². The number of halogens is 1. The Kier molecular flexibility index (Phi) is 7.29. The van der Waals surface area contributed by atoms with Crippen molar-refractivity contribution in [2.75, 3.05) is 5.75 Å². The van der Waals surface area contributed by atoms with Crippen LogP contribution in [-0.2, 0) is 16.8 Å². The van der Waals surface area contributed by atoms with Crippen LogP contribution in [0.2, 0.25) is 5.02 Å². The summed E-state index contributed by atoms with van der Waals surface area (Å²) in [6.45, 7) is 6.86. The Bertz CT molecular complexity index is 1160. The summed E-state index contributed by atoms with van der Waals surface area (Å²) in [7, 11) is 0. The van der Waals surface area contributed by atoms with Crippen LogP contribution in [0, 0.1) is 0 Å². The number of pyridine rings is 1. The summed E-state index contributed by atoms with van der Waals surface area (Å²) >= 11 is 7.96. The van der Waals surface area contributed by atoms with Crippen molar-refractivity contribution in [3.05, 3.63) is 100 Å². The first-order chi connectivity index (χ1) is 16.3. The van der Waals surface area contributed by atoms with Gasteiger partial charge in [0.25, 0.3) is 5.91 Å². The highest BCUT2D eigenvalue weighted by Gasteiger charge is 2.43. The predicted octanol–water partition coefficient (Wildman–Crippen LogP) is 5.61. The second-order valence-corrected chi connectivity index (χ2v) is 10.9. The summed E-state index contributed by atoms with van der Waals surface area (Å²) in [4.78, 5) is 32.7. The Labute approximate surface area is 209 Å². The molecule has 0 radical (unpaired) electrons. The molecule has 1 aliphatic heterocycles. The van der Waals surface area contributed by atoms with Crippen LogP contribution in [0.1, 0.15) is 53.2 Å². The Morgan fingerprint density at radius 1 is 1.09 bits per heavy atom. The van der Waals surface area contributed by atoms with Crippen molar-refractivity contribution in [2.45, 2.75) is 44.1 Å². The number of rotatable bonds is 5. The lowest BCUT2D eigenvalue weighted by molar-refractivity contribution is -0.125. The highest BCUT2D eigenvalue weighted by atomic mass is 35.5. The molecule has 1 aromatic heterocycles. The predicted molar refractivity (Wildman–Crippen MR) is 138 cm³/mol. The quantitative estimate of drug-likeness (QED) is 0.502. The van der Waals surface area contributed by atoms with E-state index in [1.54, 1.807) is 53.3 Å². The topological polar surface area (TPSA) is 62.3 Å². The van der Waals surface area contributed by atoms with Crippen molar-refractivity contribution in [2.24, 2.45) is 0 Å². The molecule has 2 atom stereocenters. The van der Waals surface area contributed by atoms with Crippen LogP contribution in [-0.4, -0.2) is 33.5 Å². The van der Waals surface area contributed by atoms with Gasteiger partial charge in [-0.3, -0.25) is 14.6 Å². The first kappa shape index (κ1) is 24.3. The maximum absolute atomic E-state index is 13.7. The number of thioether (sulfide) groups is 1. The molecule has 176 valence electrons. The average Bonchev–Trinajstić information content (AvgIpc) is 3.28. The molecule has 7 heteroatoms. The normalized spacial score (nSPS) is 18.1. The van der Waals surface area contributed by atoms with Gasteiger partial charge in [-0.25, -0.2) is 0 Å². The van der Waals surface area contributed by atoms with Crippen LogP contribution in [0.4, 0.5) is 0 Å². The summed E-state index contributed by atoms with van der Waals surface area (Å²) in [6.07, 6.45) is 3.41. The van der Waals surface area contributed by atoms with E-state index in [1.165, 1.54) is 5.56 Å². The molecule has 1 aliphatic rings. The lowest BCUT2D eigenvalue weighted by Gasteiger charge is -2.30. The van der Waals surface area contributed by atoms with Gasteiger partial charge in [-0.15, -0.1) is 11.8 Å². The van der Waals surface area contributed by atoms with Gasteiger partial charge in [-0.05, 0) is 40.3 Å². The molecule has 2 aromatic carbocycles. The van der Waals surface area contributed by atoms with E-state index in [1.807, 2.05) is 12.1 Å². The highest BCUT2D eigenvalue weighted by Crippen LogP contribution is 2.43. The van der Waals surface area contributed by atoms with Gasteiger partial charge < -0.3 is 10.2 Å². The van der Waals surface area contributed by atoms with Gasteiger partial charge in [-0.2, -0.15) is 0 Å². The van der Waals surface area contributed by atoms with E-state index in [2.05, 4.69) is 55.3 Å². The zero-order chi connectivity index (χ0) is 24.3. The fraction of sp³-hybridized carbons (Fsp3) is 0.296. The van der Waals surface area contributed by atoms with Crippen LogP contribution < -0.4 is 5.32 Å².